The number of morpholine rings is 1. The molecule has 1 aliphatic heterocycles. The number of rotatable bonds is 9. The molecule has 1 unspecified atom stereocenters. The summed E-state index contributed by atoms with van der Waals surface area (Å²) in [6, 6.07) is 9.58. The summed E-state index contributed by atoms with van der Waals surface area (Å²) in [5.74, 6) is 0.776. The third-order valence-electron chi connectivity index (χ3n) is 7.30. The van der Waals surface area contributed by atoms with Crippen molar-refractivity contribution in [3.05, 3.63) is 70.4 Å². The normalized spacial score (nSPS) is 15.8. The molecule has 5 heterocycles. The van der Waals surface area contributed by atoms with Crippen LogP contribution in [0.25, 0.3) is 33.0 Å². The van der Waals surface area contributed by atoms with E-state index in [0.29, 0.717) is 40.7 Å². The number of hydrogen-bond donors (Lipinski definition) is 2. The lowest BCUT2D eigenvalue weighted by Gasteiger charge is -2.24. The zero-order valence-corrected chi connectivity index (χ0v) is 25.5. The summed E-state index contributed by atoms with van der Waals surface area (Å²) < 4.78 is 34.5. The van der Waals surface area contributed by atoms with Gasteiger partial charge in [0, 0.05) is 69.9 Å². The molecule has 0 amide bonds. The summed E-state index contributed by atoms with van der Waals surface area (Å²) in [7, 11) is -0.150. The molecule has 5 aromatic rings. The average Bonchev–Trinajstić information content (AvgIpc) is 3.67. The number of aromatic nitrogens is 6. The molecule has 13 nitrogen and oxygen atoms in total. The van der Waals surface area contributed by atoms with E-state index in [9.17, 15) is 13.2 Å². The molecular formula is C28H31N9O4S2. The molecule has 43 heavy (non-hydrogen) atoms. The highest BCUT2D eigenvalue weighted by Gasteiger charge is 2.20. The van der Waals surface area contributed by atoms with Gasteiger partial charge in [-0.3, -0.25) is 14.3 Å². The molecule has 2 N–H and O–H groups in total. The van der Waals surface area contributed by atoms with Crippen LogP contribution in [0.3, 0.4) is 0 Å². The molecule has 224 valence electrons. The summed E-state index contributed by atoms with van der Waals surface area (Å²) >= 11 is 1.46. The number of anilines is 2. The molecule has 1 saturated heterocycles. The van der Waals surface area contributed by atoms with Crippen LogP contribution in [0.2, 0.25) is 0 Å². The Kier molecular flexibility index (Phi) is 8.07. The van der Waals surface area contributed by atoms with Crippen LogP contribution in [-0.2, 0) is 28.4 Å². The van der Waals surface area contributed by atoms with Gasteiger partial charge in [-0.05, 0) is 23.8 Å². The molecule has 1 fully saturated rings. The first-order valence-electron chi connectivity index (χ1n) is 13.6. The summed E-state index contributed by atoms with van der Waals surface area (Å²) in [4.78, 5) is 32.9. The second-order valence-corrected chi connectivity index (χ2v) is 13.3. The summed E-state index contributed by atoms with van der Waals surface area (Å²) in [5, 5.41) is 7.16. The second-order valence-electron chi connectivity index (χ2n) is 10.3. The first kappa shape index (κ1) is 29.1. The average molecular weight is 622 g/mol. The number of pyridine rings is 1. The van der Waals surface area contributed by atoms with Crippen molar-refractivity contribution >= 4 is 44.0 Å². The number of nitrogens with zero attached hydrogens (tertiary/aromatic N) is 7. The smallest absolute Gasteiger partial charge is 0.263 e. The highest BCUT2D eigenvalue weighted by molar-refractivity contribution is 7.88. The van der Waals surface area contributed by atoms with Gasteiger partial charge in [-0.15, -0.1) is 11.3 Å². The van der Waals surface area contributed by atoms with Gasteiger partial charge in [0.05, 0.1) is 34.9 Å². The zero-order chi connectivity index (χ0) is 30.1. The number of benzene rings is 1. The molecule has 1 atom stereocenters. The van der Waals surface area contributed by atoms with E-state index in [-0.39, 0.29) is 24.8 Å². The van der Waals surface area contributed by atoms with Gasteiger partial charge < -0.3 is 19.9 Å². The van der Waals surface area contributed by atoms with Crippen molar-refractivity contribution in [1.29, 1.82) is 0 Å². The van der Waals surface area contributed by atoms with Crippen LogP contribution in [0.1, 0.15) is 11.7 Å². The first-order chi connectivity index (χ1) is 20.7. The van der Waals surface area contributed by atoms with Gasteiger partial charge in [0.15, 0.2) is 0 Å². The number of sulfonamides is 1. The minimum absolute atomic E-state index is 0.00480. The minimum atomic E-state index is -3.45. The van der Waals surface area contributed by atoms with Crippen molar-refractivity contribution in [2.45, 2.75) is 12.6 Å². The Balaban J connectivity index is 1.37. The molecule has 0 radical (unpaired) electrons. The monoisotopic (exact) mass is 621 g/mol. The quantitative estimate of drug-likeness (QED) is 0.252. The Hall–Kier alpha value is -4.02. The van der Waals surface area contributed by atoms with E-state index in [2.05, 4.69) is 20.6 Å². The van der Waals surface area contributed by atoms with Crippen molar-refractivity contribution in [3.63, 3.8) is 0 Å². The van der Waals surface area contributed by atoms with Gasteiger partial charge in [0.1, 0.15) is 17.2 Å². The molecule has 1 aliphatic rings. The van der Waals surface area contributed by atoms with Gasteiger partial charge in [0.25, 0.3) is 5.56 Å². The highest BCUT2D eigenvalue weighted by atomic mass is 32.2. The molecule has 0 bridgehead atoms. The minimum Gasteiger partial charge on any atom is -0.371 e. The Morgan fingerprint density at radius 1 is 1.21 bits per heavy atom. The van der Waals surface area contributed by atoms with Gasteiger partial charge in [0.2, 0.25) is 16.0 Å². The molecular weight excluding hydrogens is 591 g/mol. The standard InChI is InChI=1S/C28H31N9O4S2/c1-35-16-22(24-15-30-17-42-24)33-26(35)21-12-19-13-31-28(32-20-6-4-18(5-7-20)23-14-29-8-11-41-23)34-25(19)37(27(21)38)10-9-36(2)43(3,39)40/h4-7,12-13,15-17,23,29H,8-11,14H2,1-3H3,(H,31,32,34). The predicted octanol–water partition coefficient (Wildman–Crippen LogP) is 2.61. The van der Waals surface area contributed by atoms with Crippen LogP contribution >= 0.6 is 11.3 Å². The fourth-order valence-electron chi connectivity index (χ4n) is 4.86. The van der Waals surface area contributed by atoms with Crippen molar-refractivity contribution in [2.75, 3.05) is 44.9 Å². The van der Waals surface area contributed by atoms with Crippen molar-refractivity contribution < 1.29 is 13.2 Å². The Morgan fingerprint density at radius 3 is 2.72 bits per heavy atom. The molecule has 15 heteroatoms. The summed E-state index contributed by atoms with van der Waals surface area (Å²) in [5.41, 5.74) is 4.67. The molecule has 0 saturated carbocycles. The number of hydrogen-bond acceptors (Lipinski definition) is 11. The van der Waals surface area contributed by atoms with Crippen LogP contribution in [0, 0.1) is 0 Å². The fraction of sp³-hybridized carbons (Fsp3) is 0.321. The Morgan fingerprint density at radius 2 is 2.02 bits per heavy atom. The van der Waals surface area contributed by atoms with Gasteiger partial charge in [-0.2, -0.15) is 4.98 Å². The van der Waals surface area contributed by atoms with E-state index in [0.717, 1.165) is 35.5 Å². The van der Waals surface area contributed by atoms with E-state index in [4.69, 9.17) is 14.7 Å². The van der Waals surface area contributed by atoms with Crippen LogP contribution in [0.4, 0.5) is 11.6 Å². The van der Waals surface area contributed by atoms with E-state index in [1.165, 1.54) is 27.3 Å². The topological polar surface area (TPSA) is 149 Å². The lowest BCUT2D eigenvalue weighted by atomic mass is 10.1. The van der Waals surface area contributed by atoms with E-state index in [1.54, 1.807) is 28.5 Å². The maximum Gasteiger partial charge on any atom is 0.263 e. The summed E-state index contributed by atoms with van der Waals surface area (Å²) in [6.45, 7) is 2.45. The van der Waals surface area contributed by atoms with Gasteiger partial charge >= 0.3 is 0 Å². The van der Waals surface area contributed by atoms with Crippen LogP contribution in [0.15, 0.2) is 59.2 Å². The second kappa shape index (κ2) is 11.9. The molecule has 4 aromatic heterocycles. The first-order valence-corrected chi connectivity index (χ1v) is 16.3. The number of likely N-dealkylation sites (N-methyl/N-ethyl adjacent to an activating group) is 1. The van der Waals surface area contributed by atoms with Crippen LogP contribution in [-0.4, -0.2) is 81.3 Å². The van der Waals surface area contributed by atoms with E-state index >= 15 is 0 Å². The SMILES string of the molecule is CN(CCn1c(=O)c(-c2nc(-c3cncs3)cn2C)cc2cnc(Nc3ccc(C4CNCCO4)cc3)nc21)S(C)(=O)=O. The number of ether oxygens (including phenoxy) is 1. The van der Waals surface area contributed by atoms with Crippen molar-refractivity contribution in [3.8, 4) is 22.0 Å². The largest absolute Gasteiger partial charge is 0.371 e. The third kappa shape index (κ3) is 6.21. The van der Waals surface area contributed by atoms with Gasteiger partial charge in [-0.1, -0.05) is 12.1 Å². The molecule has 6 rings (SSSR count). The van der Waals surface area contributed by atoms with Crippen LogP contribution < -0.4 is 16.2 Å². The number of imidazole rings is 1. The lowest BCUT2D eigenvalue weighted by molar-refractivity contribution is 0.0277. The maximum atomic E-state index is 14.0. The predicted molar refractivity (Wildman–Crippen MR) is 166 cm³/mol. The molecule has 0 spiro atoms. The van der Waals surface area contributed by atoms with E-state index in [1.807, 2.05) is 37.5 Å². The highest BCUT2D eigenvalue weighted by Crippen LogP contribution is 2.27. The Labute approximate surface area is 252 Å². The molecule has 0 aliphatic carbocycles. The van der Waals surface area contributed by atoms with Crippen LogP contribution in [0.5, 0.6) is 0 Å². The fourth-order valence-corrected chi connectivity index (χ4v) is 5.85. The van der Waals surface area contributed by atoms with E-state index < -0.39 is 10.0 Å². The number of nitrogens with one attached hydrogen (secondary N) is 2. The molecule has 1 aromatic carbocycles. The number of aryl methyl sites for hydroxylation is 1. The number of fused-ring (bicyclic) bond motifs is 1. The number of thiazole rings is 1. The lowest BCUT2D eigenvalue weighted by Crippen LogP contribution is -2.33. The zero-order valence-electron chi connectivity index (χ0n) is 23.9. The van der Waals surface area contributed by atoms with Gasteiger partial charge in [-0.25, -0.2) is 22.7 Å². The van der Waals surface area contributed by atoms with Crippen molar-refractivity contribution in [2.24, 2.45) is 7.05 Å². The summed E-state index contributed by atoms with van der Waals surface area (Å²) in [6.07, 6.45) is 6.36. The Bertz CT molecular complexity index is 1910. The third-order valence-corrected chi connectivity index (χ3v) is 9.41. The van der Waals surface area contributed by atoms with Crippen molar-refractivity contribution in [1.82, 2.24) is 38.7 Å². The maximum absolute atomic E-state index is 14.0.